The molecule has 0 saturated carbocycles. The highest BCUT2D eigenvalue weighted by Gasteiger charge is 2.46. The smallest absolute Gasteiger partial charge is 0.322 e. The molecule has 0 aliphatic carbocycles. The fourth-order valence-corrected chi connectivity index (χ4v) is 4.36. The number of methoxy groups -OCH3 is 2. The van der Waals surface area contributed by atoms with Crippen molar-refractivity contribution in [3.63, 3.8) is 0 Å². The lowest BCUT2D eigenvalue weighted by atomic mass is 9.94. The van der Waals surface area contributed by atoms with Gasteiger partial charge >= 0.3 is 6.03 Å². The van der Waals surface area contributed by atoms with E-state index in [1.54, 1.807) is 12.0 Å². The maximum Gasteiger partial charge on any atom is 0.322 e. The van der Waals surface area contributed by atoms with Gasteiger partial charge < -0.3 is 24.6 Å². The Labute approximate surface area is 187 Å². The van der Waals surface area contributed by atoms with E-state index in [9.17, 15) is 14.4 Å². The van der Waals surface area contributed by atoms with Crippen molar-refractivity contribution in [2.24, 2.45) is 0 Å². The van der Waals surface area contributed by atoms with Crippen LogP contribution in [0.4, 0.5) is 10.5 Å². The summed E-state index contributed by atoms with van der Waals surface area (Å²) in [7, 11) is 3.06. The molecule has 0 aromatic heterocycles. The second kappa shape index (κ2) is 9.74. The van der Waals surface area contributed by atoms with Crippen LogP contribution in [-0.4, -0.2) is 75.3 Å². The Morgan fingerprint density at radius 3 is 2.45 bits per heavy atom. The van der Waals surface area contributed by atoms with Crippen molar-refractivity contribution in [2.45, 2.75) is 31.7 Å². The fourth-order valence-electron chi connectivity index (χ4n) is 4.04. The molecule has 2 heterocycles. The highest BCUT2D eigenvalue weighted by Crippen LogP contribution is 2.34. The number of piperazine rings is 1. The Morgan fingerprint density at radius 1 is 1.19 bits per heavy atom. The monoisotopic (exact) mass is 452 g/mol. The lowest BCUT2D eigenvalue weighted by Crippen LogP contribution is -2.52. The van der Waals surface area contributed by atoms with Crippen LogP contribution in [0.1, 0.15) is 25.3 Å². The normalized spacial score (nSPS) is 21.2. The molecule has 3 rings (SSSR count). The molecule has 2 N–H and O–H groups in total. The van der Waals surface area contributed by atoms with E-state index in [1.807, 2.05) is 13.0 Å². The summed E-state index contributed by atoms with van der Waals surface area (Å²) in [5.41, 5.74) is 0.851. The molecule has 0 radical (unpaired) electrons. The summed E-state index contributed by atoms with van der Waals surface area (Å²) >= 11 is 6.37. The molecule has 1 aromatic rings. The SMILES string of the molecule is CCc1cc(N2CCN(C(=O)CCC3(COC)NC(=O)NC3=O)CC2)cc(OC)c1Cl. The molecule has 1 unspecified atom stereocenters. The zero-order valence-corrected chi connectivity index (χ0v) is 18.9. The molecular formula is C21H29ClN4O5. The molecule has 170 valence electrons. The van der Waals surface area contributed by atoms with Crippen molar-refractivity contribution in [2.75, 3.05) is 51.9 Å². The predicted octanol–water partition coefficient (Wildman–Crippen LogP) is 1.56. The molecule has 1 aromatic carbocycles. The van der Waals surface area contributed by atoms with Gasteiger partial charge in [-0.1, -0.05) is 18.5 Å². The first-order valence-electron chi connectivity index (χ1n) is 10.3. The minimum absolute atomic E-state index is 0.0177. The van der Waals surface area contributed by atoms with Crippen LogP contribution < -0.4 is 20.3 Å². The van der Waals surface area contributed by atoms with Gasteiger partial charge in [0.25, 0.3) is 5.91 Å². The van der Waals surface area contributed by atoms with Crippen LogP contribution in [0.5, 0.6) is 5.75 Å². The van der Waals surface area contributed by atoms with Gasteiger partial charge in [0, 0.05) is 51.5 Å². The molecule has 9 nitrogen and oxygen atoms in total. The van der Waals surface area contributed by atoms with Crippen LogP contribution in [0.25, 0.3) is 0 Å². The first kappa shape index (κ1) is 23.1. The second-order valence-corrected chi connectivity index (χ2v) is 8.14. The first-order valence-corrected chi connectivity index (χ1v) is 10.7. The van der Waals surface area contributed by atoms with E-state index in [1.165, 1.54) is 7.11 Å². The third-order valence-corrected chi connectivity index (χ3v) is 6.30. The number of nitrogens with one attached hydrogen (secondary N) is 2. The van der Waals surface area contributed by atoms with E-state index >= 15 is 0 Å². The van der Waals surface area contributed by atoms with Gasteiger partial charge in [-0.2, -0.15) is 0 Å². The van der Waals surface area contributed by atoms with Crippen molar-refractivity contribution in [3.05, 3.63) is 22.7 Å². The Morgan fingerprint density at radius 2 is 1.90 bits per heavy atom. The van der Waals surface area contributed by atoms with E-state index in [-0.39, 0.29) is 25.4 Å². The highest BCUT2D eigenvalue weighted by molar-refractivity contribution is 6.33. The molecule has 0 bridgehead atoms. The predicted molar refractivity (Wildman–Crippen MR) is 117 cm³/mol. The number of ether oxygens (including phenoxy) is 2. The number of hydrogen-bond acceptors (Lipinski definition) is 6. The number of urea groups is 1. The van der Waals surface area contributed by atoms with E-state index < -0.39 is 17.5 Å². The molecule has 31 heavy (non-hydrogen) atoms. The topological polar surface area (TPSA) is 100 Å². The van der Waals surface area contributed by atoms with Crippen LogP contribution in [-0.2, 0) is 20.7 Å². The van der Waals surface area contributed by atoms with E-state index in [0.717, 1.165) is 17.7 Å². The summed E-state index contributed by atoms with van der Waals surface area (Å²) in [5.74, 6) is 0.141. The maximum absolute atomic E-state index is 12.8. The van der Waals surface area contributed by atoms with Crippen molar-refractivity contribution < 1.29 is 23.9 Å². The number of aryl methyl sites for hydroxylation is 1. The van der Waals surface area contributed by atoms with Crippen LogP contribution >= 0.6 is 11.6 Å². The maximum atomic E-state index is 12.8. The number of anilines is 1. The largest absolute Gasteiger partial charge is 0.495 e. The fraction of sp³-hybridized carbons (Fsp3) is 0.571. The van der Waals surface area contributed by atoms with Gasteiger partial charge in [0.15, 0.2) is 0 Å². The van der Waals surface area contributed by atoms with E-state index in [0.29, 0.717) is 37.0 Å². The highest BCUT2D eigenvalue weighted by atomic mass is 35.5. The van der Waals surface area contributed by atoms with Gasteiger partial charge in [-0.05, 0) is 24.5 Å². The summed E-state index contributed by atoms with van der Waals surface area (Å²) in [6, 6.07) is 3.43. The quantitative estimate of drug-likeness (QED) is 0.581. The van der Waals surface area contributed by atoms with Crippen LogP contribution in [0, 0.1) is 0 Å². The van der Waals surface area contributed by atoms with Crippen molar-refractivity contribution >= 4 is 35.1 Å². The van der Waals surface area contributed by atoms with Crippen molar-refractivity contribution in [1.29, 1.82) is 0 Å². The van der Waals surface area contributed by atoms with Crippen molar-refractivity contribution in [3.8, 4) is 5.75 Å². The van der Waals surface area contributed by atoms with Gasteiger partial charge in [0.1, 0.15) is 11.3 Å². The summed E-state index contributed by atoms with van der Waals surface area (Å²) in [5, 5.41) is 5.46. The minimum atomic E-state index is -1.19. The molecule has 4 amide bonds. The molecular weight excluding hydrogens is 424 g/mol. The minimum Gasteiger partial charge on any atom is -0.495 e. The van der Waals surface area contributed by atoms with Gasteiger partial charge in [-0.15, -0.1) is 0 Å². The number of rotatable bonds is 8. The van der Waals surface area contributed by atoms with Crippen LogP contribution in [0.2, 0.25) is 5.02 Å². The Bertz CT molecular complexity index is 831. The van der Waals surface area contributed by atoms with Gasteiger partial charge in [-0.3, -0.25) is 14.9 Å². The first-order chi connectivity index (χ1) is 14.8. The number of amides is 4. The van der Waals surface area contributed by atoms with Crippen LogP contribution in [0.3, 0.4) is 0 Å². The number of benzene rings is 1. The van der Waals surface area contributed by atoms with Gasteiger partial charge in [-0.25, -0.2) is 4.79 Å². The molecule has 2 aliphatic heterocycles. The summed E-state index contributed by atoms with van der Waals surface area (Å²) in [4.78, 5) is 40.5. The zero-order valence-electron chi connectivity index (χ0n) is 18.1. The zero-order chi connectivity index (χ0) is 22.6. The lowest BCUT2D eigenvalue weighted by Gasteiger charge is -2.37. The third kappa shape index (κ3) is 4.88. The standard InChI is InChI=1S/C21H29ClN4O5/c1-4-14-11-15(12-16(31-3)18(14)22)25-7-9-26(10-8-25)17(27)5-6-21(13-30-2)19(28)23-20(29)24-21/h11-12H,4-10,13H2,1-3H3,(H2,23,24,28,29). The molecule has 2 fully saturated rings. The van der Waals surface area contributed by atoms with E-state index in [4.69, 9.17) is 21.1 Å². The number of imide groups is 1. The average Bonchev–Trinajstić information content (AvgIpc) is 3.05. The van der Waals surface area contributed by atoms with Crippen molar-refractivity contribution in [1.82, 2.24) is 15.5 Å². The number of carbonyl (C=O) groups is 3. The summed E-state index contributed by atoms with van der Waals surface area (Å²) < 4.78 is 10.5. The Kier molecular flexibility index (Phi) is 7.27. The average molecular weight is 453 g/mol. The Balaban J connectivity index is 1.59. The van der Waals surface area contributed by atoms with Gasteiger partial charge in [0.05, 0.1) is 18.7 Å². The third-order valence-electron chi connectivity index (χ3n) is 5.87. The second-order valence-electron chi connectivity index (χ2n) is 7.77. The van der Waals surface area contributed by atoms with E-state index in [2.05, 4.69) is 21.6 Å². The summed E-state index contributed by atoms with van der Waals surface area (Å²) in [6.07, 6.45) is 1.13. The molecule has 1 atom stereocenters. The molecule has 2 aliphatic rings. The number of carbonyl (C=O) groups excluding carboxylic acids is 3. The molecule has 10 heteroatoms. The van der Waals surface area contributed by atoms with Gasteiger partial charge in [0.2, 0.25) is 5.91 Å². The number of hydrogen-bond donors (Lipinski definition) is 2. The Hall–Kier alpha value is -2.52. The number of nitrogens with zero attached hydrogens (tertiary/aromatic N) is 2. The molecule has 2 saturated heterocycles. The van der Waals surface area contributed by atoms with Crippen LogP contribution in [0.15, 0.2) is 12.1 Å². The lowest BCUT2D eigenvalue weighted by molar-refractivity contribution is -0.133. The number of halogens is 1. The summed E-state index contributed by atoms with van der Waals surface area (Å²) in [6.45, 7) is 4.57. The molecule has 0 spiro atoms.